The lowest BCUT2D eigenvalue weighted by molar-refractivity contribution is 0.0968. The van der Waals surface area contributed by atoms with Crippen LogP contribution in [0.15, 0.2) is 48.5 Å². The van der Waals surface area contributed by atoms with Gasteiger partial charge in [0.05, 0.1) is 5.52 Å². The van der Waals surface area contributed by atoms with E-state index in [1.54, 1.807) is 4.68 Å². The average Bonchev–Trinajstić information content (AvgIpc) is 2.83. The number of benzene rings is 2. The molecule has 5 heteroatoms. The summed E-state index contributed by atoms with van der Waals surface area (Å²) < 4.78 is 14.3. The largest absolute Gasteiger partial charge is 0.292 e. The number of Topliss-reactive ketones (excluding diaryl/α,β-unsaturated/α-hetero) is 1. The normalized spacial score (nSPS) is 10.8. The first kappa shape index (κ1) is 11.5. The van der Waals surface area contributed by atoms with Crippen molar-refractivity contribution in [2.24, 2.45) is 0 Å². The van der Waals surface area contributed by atoms with E-state index in [4.69, 9.17) is 0 Å². The number of ketones is 1. The first-order chi connectivity index (χ1) is 9.24. The molecule has 0 unspecified atom stereocenters. The molecule has 0 amide bonds. The van der Waals surface area contributed by atoms with Gasteiger partial charge in [-0.05, 0) is 36.4 Å². The number of hydrogen-bond acceptors (Lipinski definition) is 3. The molecule has 0 aliphatic carbocycles. The van der Waals surface area contributed by atoms with Crippen LogP contribution in [0.25, 0.3) is 11.0 Å². The molecule has 94 valence electrons. The van der Waals surface area contributed by atoms with Crippen molar-refractivity contribution < 1.29 is 9.18 Å². The van der Waals surface area contributed by atoms with Crippen LogP contribution >= 0.6 is 0 Å². The number of aromatic nitrogens is 3. The molecule has 0 radical (unpaired) electrons. The molecule has 19 heavy (non-hydrogen) atoms. The maximum Gasteiger partial charge on any atom is 0.184 e. The predicted molar refractivity (Wildman–Crippen MR) is 68.3 cm³/mol. The van der Waals surface area contributed by atoms with Crippen LogP contribution in [-0.2, 0) is 6.54 Å². The van der Waals surface area contributed by atoms with Crippen molar-refractivity contribution in [1.82, 2.24) is 15.0 Å². The third kappa shape index (κ3) is 2.22. The third-order valence-electron chi connectivity index (χ3n) is 2.88. The number of hydrogen-bond donors (Lipinski definition) is 0. The molecule has 3 rings (SSSR count). The minimum absolute atomic E-state index is 0.0894. The highest BCUT2D eigenvalue weighted by Gasteiger charge is 2.10. The number of carbonyl (C=O) groups is 1. The van der Waals surface area contributed by atoms with Crippen molar-refractivity contribution in [2.75, 3.05) is 0 Å². The van der Waals surface area contributed by atoms with E-state index in [0.29, 0.717) is 5.56 Å². The van der Waals surface area contributed by atoms with E-state index in [0.717, 1.165) is 11.0 Å². The van der Waals surface area contributed by atoms with Gasteiger partial charge in [-0.3, -0.25) is 4.79 Å². The van der Waals surface area contributed by atoms with Crippen molar-refractivity contribution in [1.29, 1.82) is 0 Å². The Balaban J connectivity index is 1.89. The lowest BCUT2D eigenvalue weighted by atomic mass is 10.1. The average molecular weight is 255 g/mol. The highest BCUT2D eigenvalue weighted by atomic mass is 19.1. The van der Waals surface area contributed by atoms with Crippen molar-refractivity contribution in [3.63, 3.8) is 0 Å². The Morgan fingerprint density at radius 3 is 2.63 bits per heavy atom. The van der Waals surface area contributed by atoms with E-state index in [1.807, 2.05) is 24.3 Å². The van der Waals surface area contributed by atoms with Crippen LogP contribution in [0.5, 0.6) is 0 Å². The standard InChI is InChI=1S/C14H10FN3O/c15-11-7-5-10(6-8-11)14(19)9-18-13-4-2-1-3-12(13)16-17-18/h1-8H,9H2. The molecular formula is C14H10FN3O. The first-order valence-corrected chi connectivity index (χ1v) is 5.81. The first-order valence-electron chi connectivity index (χ1n) is 5.81. The zero-order valence-corrected chi connectivity index (χ0v) is 9.95. The van der Waals surface area contributed by atoms with Crippen LogP contribution in [0.1, 0.15) is 10.4 Å². The van der Waals surface area contributed by atoms with Gasteiger partial charge in [-0.1, -0.05) is 17.3 Å². The van der Waals surface area contributed by atoms with Gasteiger partial charge in [-0.2, -0.15) is 0 Å². The van der Waals surface area contributed by atoms with E-state index in [9.17, 15) is 9.18 Å². The van der Waals surface area contributed by atoms with Crippen LogP contribution in [0.3, 0.4) is 0 Å². The van der Waals surface area contributed by atoms with Gasteiger partial charge in [0.2, 0.25) is 0 Å². The molecule has 0 saturated carbocycles. The second-order valence-electron chi connectivity index (χ2n) is 4.17. The van der Waals surface area contributed by atoms with Crippen LogP contribution in [0, 0.1) is 5.82 Å². The molecule has 0 saturated heterocycles. The fraction of sp³-hybridized carbons (Fsp3) is 0.0714. The Kier molecular flexibility index (Phi) is 2.79. The minimum Gasteiger partial charge on any atom is -0.292 e. The molecule has 0 atom stereocenters. The highest BCUT2D eigenvalue weighted by Crippen LogP contribution is 2.11. The number of rotatable bonds is 3. The van der Waals surface area contributed by atoms with Crippen molar-refractivity contribution in [3.8, 4) is 0 Å². The van der Waals surface area contributed by atoms with E-state index in [1.165, 1.54) is 24.3 Å². The molecule has 0 bridgehead atoms. The molecule has 0 spiro atoms. The lowest BCUT2D eigenvalue weighted by Crippen LogP contribution is -2.11. The van der Waals surface area contributed by atoms with E-state index >= 15 is 0 Å². The van der Waals surface area contributed by atoms with E-state index in [2.05, 4.69) is 10.3 Å². The van der Waals surface area contributed by atoms with E-state index in [-0.39, 0.29) is 18.1 Å². The summed E-state index contributed by atoms with van der Waals surface area (Å²) in [6, 6.07) is 12.9. The molecule has 0 aliphatic heterocycles. The van der Waals surface area contributed by atoms with Gasteiger partial charge >= 0.3 is 0 Å². The number of halogens is 1. The zero-order valence-electron chi connectivity index (χ0n) is 9.95. The zero-order chi connectivity index (χ0) is 13.2. The van der Waals surface area contributed by atoms with Gasteiger partial charge in [-0.25, -0.2) is 9.07 Å². The maximum atomic E-state index is 12.8. The van der Waals surface area contributed by atoms with Crippen LogP contribution in [-0.4, -0.2) is 20.8 Å². The number of para-hydroxylation sites is 1. The topological polar surface area (TPSA) is 47.8 Å². The Hall–Kier alpha value is -2.56. The lowest BCUT2D eigenvalue weighted by Gasteiger charge is -2.02. The summed E-state index contributed by atoms with van der Waals surface area (Å²) in [5.74, 6) is -0.488. The van der Waals surface area contributed by atoms with Crippen LogP contribution < -0.4 is 0 Å². The maximum absolute atomic E-state index is 12.8. The van der Waals surface area contributed by atoms with Gasteiger partial charge in [0, 0.05) is 5.56 Å². The molecule has 2 aromatic carbocycles. The second kappa shape index (κ2) is 4.61. The summed E-state index contributed by atoms with van der Waals surface area (Å²) in [5.41, 5.74) is 2.01. The van der Waals surface area contributed by atoms with Gasteiger partial charge < -0.3 is 0 Å². The molecule has 0 N–H and O–H groups in total. The summed E-state index contributed by atoms with van der Waals surface area (Å²) in [7, 11) is 0. The van der Waals surface area contributed by atoms with Gasteiger partial charge in [0.15, 0.2) is 5.78 Å². The summed E-state index contributed by atoms with van der Waals surface area (Å²) in [6.45, 7) is 0.0894. The molecular weight excluding hydrogens is 245 g/mol. The van der Waals surface area contributed by atoms with Crippen LogP contribution in [0.2, 0.25) is 0 Å². The molecule has 0 fully saturated rings. The molecule has 1 heterocycles. The van der Waals surface area contributed by atoms with Crippen LogP contribution in [0.4, 0.5) is 4.39 Å². The summed E-state index contributed by atoms with van der Waals surface area (Å²) >= 11 is 0. The van der Waals surface area contributed by atoms with Crippen molar-refractivity contribution in [3.05, 3.63) is 59.9 Å². The van der Waals surface area contributed by atoms with E-state index < -0.39 is 0 Å². The second-order valence-corrected chi connectivity index (χ2v) is 4.17. The smallest absolute Gasteiger partial charge is 0.184 e. The fourth-order valence-corrected chi connectivity index (χ4v) is 1.90. The van der Waals surface area contributed by atoms with Crippen molar-refractivity contribution in [2.45, 2.75) is 6.54 Å². The Bertz CT molecular complexity index is 734. The third-order valence-corrected chi connectivity index (χ3v) is 2.88. The summed E-state index contributed by atoms with van der Waals surface area (Å²) in [4.78, 5) is 12.1. The molecule has 4 nitrogen and oxygen atoms in total. The van der Waals surface area contributed by atoms with Gasteiger partial charge in [0.25, 0.3) is 0 Å². The molecule has 1 aromatic heterocycles. The quantitative estimate of drug-likeness (QED) is 0.675. The molecule has 0 aliphatic rings. The van der Waals surface area contributed by atoms with Gasteiger partial charge in [-0.15, -0.1) is 5.10 Å². The van der Waals surface area contributed by atoms with Gasteiger partial charge in [0.1, 0.15) is 17.9 Å². The number of fused-ring (bicyclic) bond motifs is 1. The highest BCUT2D eigenvalue weighted by molar-refractivity contribution is 5.96. The fourth-order valence-electron chi connectivity index (χ4n) is 1.90. The minimum atomic E-state index is -0.359. The Labute approximate surface area is 108 Å². The Morgan fingerprint density at radius 1 is 1.11 bits per heavy atom. The summed E-state index contributed by atoms with van der Waals surface area (Å²) in [6.07, 6.45) is 0. The molecule has 3 aromatic rings. The number of nitrogens with zero attached hydrogens (tertiary/aromatic N) is 3. The predicted octanol–water partition coefficient (Wildman–Crippen LogP) is 2.45. The Morgan fingerprint density at radius 2 is 1.84 bits per heavy atom. The summed E-state index contributed by atoms with van der Waals surface area (Å²) in [5, 5.41) is 7.93. The number of carbonyl (C=O) groups excluding carboxylic acids is 1. The van der Waals surface area contributed by atoms with Crippen molar-refractivity contribution >= 4 is 16.8 Å². The monoisotopic (exact) mass is 255 g/mol. The SMILES string of the molecule is O=C(Cn1nnc2ccccc21)c1ccc(F)cc1.